The quantitative estimate of drug-likeness (QED) is 0.659. The van der Waals surface area contributed by atoms with Crippen molar-refractivity contribution in [1.29, 1.82) is 0 Å². The van der Waals surface area contributed by atoms with Crippen LogP contribution in [0.4, 0.5) is 5.69 Å². The number of benzene rings is 2. The minimum Gasteiger partial charge on any atom is -0.326 e. The van der Waals surface area contributed by atoms with E-state index in [0.29, 0.717) is 5.69 Å². The fourth-order valence-corrected chi connectivity index (χ4v) is 2.70. The van der Waals surface area contributed by atoms with Gasteiger partial charge in [-0.15, -0.1) is 4.83 Å². The second-order valence-corrected chi connectivity index (χ2v) is 6.56. The molecule has 2 amide bonds. The van der Waals surface area contributed by atoms with E-state index in [0.717, 1.165) is 0 Å². The first kappa shape index (κ1) is 17.6. The fraction of sp³-hybridized carbons (Fsp3) is 0.125. The minimum atomic E-state index is -3.82. The number of para-hydroxylation sites is 1. The number of nitrogens with one attached hydrogen (secondary N) is 3. The summed E-state index contributed by atoms with van der Waals surface area (Å²) >= 11 is 0. The molecule has 0 atom stereocenters. The molecule has 126 valence electrons. The van der Waals surface area contributed by atoms with Crippen molar-refractivity contribution in [3.05, 3.63) is 60.7 Å². The zero-order chi connectivity index (χ0) is 17.4. The van der Waals surface area contributed by atoms with Crippen LogP contribution in [0.1, 0.15) is 12.8 Å². The first-order valence-corrected chi connectivity index (χ1v) is 8.66. The molecule has 0 heterocycles. The first-order chi connectivity index (χ1) is 11.5. The molecule has 2 rings (SSSR count). The lowest BCUT2D eigenvalue weighted by molar-refractivity contribution is -0.124. The molecule has 0 aliphatic carbocycles. The van der Waals surface area contributed by atoms with E-state index in [1.165, 1.54) is 12.1 Å². The first-order valence-electron chi connectivity index (χ1n) is 7.18. The molecule has 0 aliphatic rings. The molecule has 0 saturated heterocycles. The van der Waals surface area contributed by atoms with Gasteiger partial charge in [0.15, 0.2) is 0 Å². The van der Waals surface area contributed by atoms with Crippen molar-refractivity contribution in [2.75, 3.05) is 5.32 Å². The summed E-state index contributed by atoms with van der Waals surface area (Å²) in [6, 6.07) is 16.5. The van der Waals surface area contributed by atoms with Crippen molar-refractivity contribution < 1.29 is 18.0 Å². The number of hydrazine groups is 1. The van der Waals surface area contributed by atoms with Crippen LogP contribution in [0.3, 0.4) is 0 Å². The molecular weight excluding hydrogens is 330 g/mol. The third-order valence-corrected chi connectivity index (χ3v) is 4.28. The van der Waals surface area contributed by atoms with Crippen molar-refractivity contribution in [1.82, 2.24) is 10.3 Å². The number of anilines is 1. The van der Waals surface area contributed by atoms with Crippen LogP contribution in [0.15, 0.2) is 65.6 Å². The standard InChI is InChI=1S/C16H17N3O4S/c20-15(17-13-7-3-1-4-8-13)11-12-16(21)18-19-24(22,23)14-9-5-2-6-10-14/h1-10,19H,11-12H2,(H,17,20)(H,18,21). The van der Waals surface area contributed by atoms with E-state index in [4.69, 9.17) is 0 Å². The lowest BCUT2D eigenvalue weighted by Gasteiger charge is -2.08. The molecule has 0 radical (unpaired) electrons. The Hall–Kier alpha value is -2.71. The van der Waals surface area contributed by atoms with Crippen LogP contribution in [0.25, 0.3) is 0 Å². The molecule has 0 aliphatic heterocycles. The Morgan fingerprint density at radius 2 is 1.33 bits per heavy atom. The smallest absolute Gasteiger partial charge is 0.257 e. The van der Waals surface area contributed by atoms with E-state index in [-0.39, 0.29) is 23.6 Å². The average Bonchev–Trinajstić information content (AvgIpc) is 2.60. The van der Waals surface area contributed by atoms with Crippen LogP contribution in [0.5, 0.6) is 0 Å². The van der Waals surface area contributed by atoms with E-state index in [1.54, 1.807) is 42.5 Å². The van der Waals surface area contributed by atoms with E-state index in [2.05, 4.69) is 10.7 Å². The second kappa shape index (κ2) is 8.23. The monoisotopic (exact) mass is 347 g/mol. The van der Waals surface area contributed by atoms with Gasteiger partial charge < -0.3 is 5.32 Å². The number of amides is 2. The summed E-state index contributed by atoms with van der Waals surface area (Å²) < 4.78 is 23.8. The molecule has 3 N–H and O–H groups in total. The maximum Gasteiger partial charge on any atom is 0.257 e. The van der Waals surface area contributed by atoms with Gasteiger partial charge in [0.05, 0.1) is 4.90 Å². The molecular formula is C16H17N3O4S. The van der Waals surface area contributed by atoms with Gasteiger partial charge in [0.1, 0.15) is 0 Å². The molecule has 0 unspecified atom stereocenters. The Labute approximate surface area is 140 Å². The van der Waals surface area contributed by atoms with E-state index >= 15 is 0 Å². The molecule has 2 aromatic carbocycles. The summed E-state index contributed by atoms with van der Waals surface area (Å²) in [5.74, 6) is -0.931. The molecule has 2 aromatic rings. The van der Waals surface area contributed by atoms with Crippen LogP contribution in [-0.2, 0) is 19.6 Å². The summed E-state index contributed by atoms with van der Waals surface area (Å²) in [6.45, 7) is 0. The van der Waals surface area contributed by atoms with Crippen molar-refractivity contribution in [2.24, 2.45) is 0 Å². The molecule has 0 bridgehead atoms. The van der Waals surface area contributed by atoms with Gasteiger partial charge in [-0.1, -0.05) is 36.4 Å². The van der Waals surface area contributed by atoms with Gasteiger partial charge in [0.2, 0.25) is 11.8 Å². The predicted octanol–water partition coefficient (Wildman–Crippen LogP) is 1.41. The summed E-state index contributed by atoms with van der Waals surface area (Å²) in [6.07, 6.45) is -0.205. The van der Waals surface area contributed by atoms with Gasteiger partial charge in [-0.2, -0.15) is 0 Å². The number of sulfonamides is 1. The lowest BCUT2D eigenvalue weighted by Crippen LogP contribution is -2.41. The third kappa shape index (κ3) is 5.49. The highest BCUT2D eigenvalue weighted by atomic mass is 32.2. The second-order valence-electron chi connectivity index (χ2n) is 4.88. The minimum absolute atomic E-state index is 0.0344. The Bertz CT molecular complexity index is 793. The van der Waals surface area contributed by atoms with E-state index in [9.17, 15) is 18.0 Å². The Morgan fingerprint density at radius 1 is 0.792 bits per heavy atom. The number of rotatable bonds is 7. The highest BCUT2D eigenvalue weighted by Gasteiger charge is 2.14. The van der Waals surface area contributed by atoms with Gasteiger partial charge in [-0.3, -0.25) is 15.0 Å². The highest BCUT2D eigenvalue weighted by molar-refractivity contribution is 7.89. The van der Waals surface area contributed by atoms with Crippen LogP contribution in [0, 0.1) is 0 Å². The van der Waals surface area contributed by atoms with E-state index in [1.807, 2.05) is 10.9 Å². The van der Waals surface area contributed by atoms with Crippen LogP contribution < -0.4 is 15.6 Å². The normalized spacial score (nSPS) is 10.8. The molecule has 0 saturated carbocycles. The van der Waals surface area contributed by atoms with Gasteiger partial charge in [0.25, 0.3) is 10.0 Å². The maximum atomic E-state index is 11.9. The van der Waals surface area contributed by atoms with Crippen molar-refractivity contribution >= 4 is 27.5 Å². The zero-order valence-electron chi connectivity index (χ0n) is 12.7. The lowest BCUT2D eigenvalue weighted by atomic mass is 10.2. The van der Waals surface area contributed by atoms with E-state index < -0.39 is 15.9 Å². The third-order valence-electron chi connectivity index (χ3n) is 3.01. The topological polar surface area (TPSA) is 104 Å². The summed E-state index contributed by atoms with van der Waals surface area (Å²) in [4.78, 5) is 25.4. The van der Waals surface area contributed by atoms with Gasteiger partial charge >= 0.3 is 0 Å². The van der Waals surface area contributed by atoms with Crippen LogP contribution >= 0.6 is 0 Å². The fourth-order valence-electron chi connectivity index (χ4n) is 1.82. The summed E-state index contributed by atoms with van der Waals surface area (Å²) in [5.41, 5.74) is 2.72. The largest absolute Gasteiger partial charge is 0.326 e. The molecule has 0 fully saturated rings. The van der Waals surface area contributed by atoms with Gasteiger partial charge in [-0.25, -0.2) is 8.42 Å². The number of hydrogen-bond donors (Lipinski definition) is 3. The molecule has 0 aromatic heterocycles. The highest BCUT2D eigenvalue weighted by Crippen LogP contribution is 2.07. The van der Waals surface area contributed by atoms with Crippen LogP contribution in [-0.4, -0.2) is 20.2 Å². The van der Waals surface area contributed by atoms with Crippen molar-refractivity contribution in [3.8, 4) is 0 Å². The Morgan fingerprint density at radius 3 is 1.96 bits per heavy atom. The molecule has 8 heteroatoms. The Balaban J connectivity index is 1.76. The van der Waals surface area contributed by atoms with Crippen LogP contribution in [0.2, 0.25) is 0 Å². The van der Waals surface area contributed by atoms with Gasteiger partial charge in [-0.05, 0) is 24.3 Å². The average molecular weight is 347 g/mol. The Kier molecular flexibility index (Phi) is 6.05. The summed E-state index contributed by atoms with van der Waals surface area (Å²) in [7, 11) is -3.82. The molecule has 0 spiro atoms. The SMILES string of the molecule is O=C(CCC(=O)Nc1ccccc1)NNS(=O)(=O)c1ccccc1. The van der Waals surface area contributed by atoms with Gasteiger partial charge in [0, 0.05) is 18.5 Å². The maximum absolute atomic E-state index is 11.9. The molecule has 7 nitrogen and oxygen atoms in total. The number of hydrogen-bond acceptors (Lipinski definition) is 4. The molecule has 24 heavy (non-hydrogen) atoms. The number of carbonyl (C=O) groups is 2. The zero-order valence-corrected chi connectivity index (χ0v) is 13.5. The predicted molar refractivity (Wildman–Crippen MR) is 89.2 cm³/mol. The number of carbonyl (C=O) groups excluding carboxylic acids is 2. The summed E-state index contributed by atoms with van der Waals surface area (Å²) in [5, 5.41) is 2.64. The van der Waals surface area contributed by atoms with Crippen molar-refractivity contribution in [2.45, 2.75) is 17.7 Å². The van der Waals surface area contributed by atoms with Crippen molar-refractivity contribution in [3.63, 3.8) is 0 Å².